The zero-order valence-corrected chi connectivity index (χ0v) is 11.8. The van der Waals surface area contributed by atoms with Crippen LogP contribution < -0.4 is 4.74 Å². The fraction of sp³-hybridized carbons (Fsp3) is 0.500. The van der Waals surface area contributed by atoms with Gasteiger partial charge in [0.05, 0.1) is 26.0 Å². The molecule has 0 atom stereocenters. The maximum atomic E-state index is 5.55. The first-order chi connectivity index (χ1) is 9.36. The van der Waals surface area contributed by atoms with Gasteiger partial charge in [-0.3, -0.25) is 4.98 Å². The van der Waals surface area contributed by atoms with Crippen LogP contribution >= 0.6 is 11.6 Å². The molecule has 1 heterocycles. The van der Waals surface area contributed by atoms with E-state index in [0.29, 0.717) is 44.5 Å². The second kappa shape index (κ2) is 10.6. The lowest BCUT2D eigenvalue weighted by Gasteiger charge is -2.06. The quantitative estimate of drug-likeness (QED) is 0.416. The minimum absolute atomic E-state index is 0.476. The highest BCUT2D eigenvalue weighted by molar-refractivity contribution is 6.18. The first-order valence-corrected chi connectivity index (χ1v) is 6.59. The maximum Gasteiger partial charge on any atom is 0.138 e. The molecular weight excluding hydrogens is 266 g/mol. The van der Waals surface area contributed by atoms with E-state index in [-0.39, 0.29) is 0 Å². The van der Waals surface area contributed by atoms with Crippen LogP contribution in [-0.4, -0.2) is 44.4 Å². The molecule has 0 fully saturated rings. The van der Waals surface area contributed by atoms with Crippen LogP contribution in [0.4, 0.5) is 0 Å². The number of rotatable bonds is 8. The SMILES string of the molecule is COCCOCCOc1cncc(C#CCCCl)c1. The Morgan fingerprint density at radius 3 is 2.84 bits per heavy atom. The van der Waals surface area contributed by atoms with Crippen molar-refractivity contribution in [2.45, 2.75) is 6.42 Å². The van der Waals surface area contributed by atoms with Crippen molar-refractivity contribution in [3.63, 3.8) is 0 Å². The largest absolute Gasteiger partial charge is 0.490 e. The molecule has 0 N–H and O–H groups in total. The Hall–Kier alpha value is -1.28. The number of nitrogens with zero attached hydrogens (tertiary/aromatic N) is 1. The van der Waals surface area contributed by atoms with E-state index in [1.807, 2.05) is 6.07 Å². The summed E-state index contributed by atoms with van der Waals surface area (Å²) < 4.78 is 15.7. The summed E-state index contributed by atoms with van der Waals surface area (Å²) in [7, 11) is 1.64. The summed E-state index contributed by atoms with van der Waals surface area (Å²) in [5.74, 6) is 7.16. The average Bonchev–Trinajstić information content (AvgIpc) is 2.43. The molecule has 1 aromatic heterocycles. The number of aromatic nitrogens is 1. The maximum absolute atomic E-state index is 5.55. The fourth-order valence-electron chi connectivity index (χ4n) is 1.24. The summed E-state index contributed by atoms with van der Waals surface area (Å²) in [6.45, 7) is 2.16. The Labute approximate surface area is 119 Å². The van der Waals surface area contributed by atoms with Crippen LogP contribution in [0.1, 0.15) is 12.0 Å². The number of hydrogen-bond acceptors (Lipinski definition) is 4. The van der Waals surface area contributed by atoms with Crippen molar-refractivity contribution in [1.29, 1.82) is 0 Å². The number of hydrogen-bond donors (Lipinski definition) is 0. The van der Waals surface area contributed by atoms with Crippen LogP contribution in [0.2, 0.25) is 0 Å². The standard InChI is InChI=1S/C14H18ClNO3/c1-17-6-7-18-8-9-19-14-10-13(11-16-12-14)4-2-3-5-15/h10-12H,3,5-9H2,1H3. The van der Waals surface area contributed by atoms with Gasteiger partial charge in [0, 0.05) is 31.2 Å². The monoisotopic (exact) mass is 283 g/mol. The molecule has 5 heteroatoms. The van der Waals surface area contributed by atoms with Crippen LogP contribution in [0.15, 0.2) is 18.5 Å². The summed E-state index contributed by atoms with van der Waals surface area (Å²) in [6, 6.07) is 1.85. The first-order valence-electron chi connectivity index (χ1n) is 6.06. The van der Waals surface area contributed by atoms with Crippen molar-refractivity contribution in [2.75, 3.05) is 39.4 Å². The summed E-state index contributed by atoms with van der Waals surface area (Å²) in [6.07, 6.45) is 4.02. The smallest absolute Gasteiger partial charge is 0.138 e. The number of ether oxygens (including phenoxy) is 3. The summed E-state index contributed by atoms with van der Waals surface area (Å²) >= 11 is 5.55. The van der Waals surface area contributed by atoms with Gasteiger partial charge >= 0.3 is 0 Å². The van der Waals surface area contributed by atoms with Crippen molar-refractivity contribution in [2.24, 2.45) is 0 Å². The number of pyridine rings is 1. The summed E-state index contributed by atoms with van der Waals surface area (Å²) in [5.41, 5.74) is 0.822. The molecule has 0 saturated heterocycles. The van der Waals surface area contributed by atoms with Gasteiger partial charge in [0.1, 0.15) is 12.4 Å². The van der Waals surface area contributed by atoms with Crippen LogP contribution in [-0.2, 0) is 9.47 Å². The molecule has 1 aromatic rings. The number of halogens is 1. The van der Waals surface area contributed by atoms with Gasteiger partial charge < -0.3 is 14.2 Å². The van der Waals surface area contributed by atoms with Gasteiger partial charge in [0.25, 0.3) is 0 Å². The highest BCUT2D eigenvalue weighted by atomic mass is 35.5. The fourth-order valence-corrected chi connectivity index (χ4v) is 1.34. The van der Waals surface area contributed by atoms with Gasteiger partial charge in [-0.2, -0.15) is 0 Å². The lowest BCUT2D eigenvalue weighted by Crippen LogP contribution is -2.10. The molecular formula is C14H18ClNO3. The van der Waals surface area contributed by atoms with Gasteiger partial charge in [-0.1, -0.05) is 11.8 Å². The van der Waals surface area contributed by atoms with Gasteiger partial charge in [-0.25, -0.2) is 0 Å². The first kappa shape index (κ1) is 15.8. The topological polar surface area (TPSA) is 40.6 Å². The average molecular weight is 284 g/mol. The van der Waals surface area contributed by atoms with Gasteiger partial charge in [-0.05, 0) is 6.07 Å². The van der Waals surface area contributed by atoms with E-state index in [2.05, 4.69) is 16.8 Å². The third kappa shape index (κ3) is 7.68. The molecule has 19 heavy (non-hydrogen) atoms. The molecule has 0 bridgehead atoms. The molecule has 104 valence electrons. The molecule has 0 aromatic carbocycles. The molecule has 0 spiro atoms. The minimum Gasteiger partial charge on any atom is -0.490 e. The number of alkyl halides is 1. The van der Waals surface area contributed by atoms with E-state index < -0.39 is 0 Å². The van der Waals surface area contributed by atoms with Crippen LogP contribution in [0.25, 0.3) is 0 Å². The minimum atomic E-state index is 0.476. The second-order valence-corrected chi connectivity index (χ2v) is 3.98. The third-order valence-corrected chi connectivity index (χ3v) is 2.28. The lowest BCUT2D eigenvalue weighted by molar-refractivity contribution is 0.0543. The van der Waals surface area contributed by atoms with Gasteiger partial charge in [0.2, 0.25) is 0 Å². The van der Waals surface area contributed by atoms with E-state index in [1.54, 1.807) is 19.5 Å². The molecule has 0 saturated carbocycles. The predicted octanol–water partition coefficient (Wildman–Crippen LogP) is 2.10. The molecule has 0 aliphatic heterocycles. The van der Waals surface area contributed by atoms with Crippen LogP contribution in [0.3, 0.4) is 0 Å². The van der Waals surface area contributed by atoms with E-state index in [1.165, 1.54) is 0 Å². The van der Waals surface area contributed by atoms with E-state index in [9.17, 15) is 0 Å². The van der Waals surface area contributed by atoms with Crippen molar-refractivity contribution in [3.8, 4) is 17.6 Å². The van der Waals surface area contributed by atoms with Crippen molar-refractivity contribution < 1.29 is 14.2 Å². The van der Waals surface area contributed by atoms with Crippen molar-refractivity contribution in [1.82, 2.24) is 4.98 Å². The Kier molecular flexibility index (Phi) is 8.82. The Bertz CT molecular complexity index is 415. The summed E-state index contributed by atoms with van der Waals surface area (Å²) in [4.78, 5) is 4.07. The molecule has 4 nitrogen and oxygen atoms in total. The van der Waals surface area contributed by atoms with Gasteiger partial charge in [0.15, 0.2) is 0 Å². The normalized spacial score (nSPS) is 9.79. The molecule has 0 radical (unpaired) electrons. The van der Waals surface area contributed by atoms with E-state index in [4.69, 9.17) is 25.8 Å². The van der Waals surface area contributed by atoms with E-state index in [0.717, 1.165) is 5.56 Å². The highest BCUT2D eigenvalue weighted by Crippen LogP contribution is 2.10. The summed E-state index contributed by atoms with van der Waals surface area (Å²) in [5, 5.41) is 0. The van der Waals surface area contributed by atoms with Crippen molar-refractivity contribution >= 4 is 11.6 Å². The Morgan fingerprint density at radius 2 is 2.05 bits per heavy atom. The number of methoxy groups -OCH3 is 1. The molecule has 0 aliphatic carbocycles. The molecule has 0 amide bonds. The third-order valence-electron chi connectivity index (χ3n) is 2.09. The molecule has 0 aliphatic rings. The van der Waals surface area contributed by atoms with Crippen LogP contribution in [0, 0.1) is 11.8 Å². The zero-order valence-electron chi connectivity index (χ0n) is 11.0. The van der Waals surface area contributed by atoms with Gasteiger partial charge in [-0.15, -0.1) is 11.6 Å². The Balaban J connectivity index is 2.30. The molecule has 0 unspecified atom stereocenters. The lowest BCUT2D eigenvalue weighted by atomic mass is 10.3. The molecule has 1 rings (SSSR count). The second-order valence-electron chi connectivity index (χ2n) is 3.60. The highest BCUT2D eigenvalue weighted by Gasteiger charge is 1.96. The van der Waals surface area contributed by atoms with Crippen LogP contribution in [0.5, 0.6) is 5.75 Å². The zero-order chi connectivity index (χ0) is 13.8. The van der Waals surface area contributed by atoms with Crippen molar-refractivity contribution in [3.05, 3.63) is 24.0 Å². The van der Waals surface area contributed by atoms with E-state index >= 15 is 0 Å². The Morgan fingerprint density at radius 1 is 1.21 bits per heavy atom. The predicted molar refractivity (Wildman–Crippen MR) is 74.6 cm³/mol.